The molecule has 2 nitrogen and oxygen atoms in total. The zero-order chi connectivity index (χ0) is 13.1. The molecule has 1 aliphatic carbocycles. The van der Waals surface area contributed by atoms with Crippen molar-refractivity contribution >= 4 is 11.3 Å². The molecule has 2 atom stereocenters. The largest absolute Gasteiger partial charge is 0.313 e. The fraction of sp³-hybridized carbons (Fsp3) is 0.438. The molecule has 3 heteroatoms. The standard InChI is InChI=1S/C16H20N2S/c1-2-17-15(11-16-18-9-10-19-16)14-8-7-12-5-3-4-6-13(12)14/h3-6,9-10,14-15,17H,2,7-8,11H2,1H3. The van der Waals surface area contributed by atoms with Crippen LogP contribution < -0.4 is 5.32 Å². The highest BCUT2D eigenvalue weighted by atomic mass is 32.1. The quantitative estimate of drug-likeness (QED) is 0.902. The van der Waals surface area contributed by atoms with Crippen molar-refractivity contribution in [2.45, 2.75) is 38.1 Å². The Bertz CT molecular complexity index is 521. The van der Waals surface area contributed by atoms with Crippen molar-refractivity contribution in [3.8, 4) is 0 Å². The fourth-order valence-corrected chi connectivity index (χ4v) is 3.85. The van der Waals surface area contributed by atoms with Crippen molar-refractivity contribution < 1.29 is 0 Å². The van der Waals surface area contributed by atoms with Crippen molar-refractivity contribution in [3.05, 3.63) is 52.0 Å². The first-order valence-electron chi connectivity index (χ1n) is 7.08. The molecular weight excluding hydrogens is 252 g/mol. The SMILES string of the molecule is CCNC(Cc1nccs1)C1CCc2ccccc21. The van der Waals surface area contributed by atoms with Gasteiger partial charge >= 0.3 is 0 Å². The summed E-state index contributed by atoms with van der Waals surface area (Å²) < 4.78 is 0. The van der Waals surface area contributed by atoms with Gasteiger partial charge in [0.2, 0.25) is 0 Å². The van der Waals surface area contributed by atoms with E-state index in [2.05, 4.69) is 46.9 Å². The monoisotopic (exact) mass is 272 g/mol. The molecule has 0 fully saturated rings. The van der Waals surface area contributed by atoms with Crippen LogP contribution in [0.1, 0.15) is 35.4 Å². The van der Waals surface area contributed by atoms with Gasteiger partial charge in [-0.15, -0.1) is 11.3 Å². The molecule has 2 aromatic rings. The average molecular weight is 272 g/mol. The molecule has 1 aromatic carbocycles. The summed E-state index contributed by atoms with van der Waals surface area (Å²) in [7, 11) is 0. The van der Waals surface area contributed by atoms with Gasteiger partial charge < -0.3 is 5.32 Å². The van der Waals surface area contributed by atoms with Crippen molar-refractivity contribution in [2.75, 3.05) is 6.54 Å². The Hall–Kier alpha value is -1.19. The maximum atomic E-state index is 4.44. The molecule has 2 unspecified atom stereocenters. The summed E-state index contributed by atoms with van der Waals surface area (Å²) in [6.45, 7) is 3.21. The van der Waals surface area contributed by atoms with Crippen LogP contribution in [0.2, 0.25) is 0 Å². The second-order valence-corrected chi connectivity index (χ2v) is 6.12. The minimum Gasteiger partial charge on any atom is -0.313 e. The number of thiazole rings is 1. The molecule has 0 bridgehead atoms. The second-order valence-electron chi connectivity index (χ2n) is 5.14. The number of aryl methyl sites for hydroxylation is 1. The zero-order valence-corrected chi connectivity index (χ0v) is 12.1. The van der Waals surface area contributed by atoms with Crippen LogP contribution in [0.25, 0.3) is 0 Å². The van der Waals surface area contributed by atoms with Gasteiger partial charge in [-0.1, -0.05) is 31.2 Å². The lowest BCUT2D eigenvalue weighted by molar-refractivity contribution is 0.434. The van der Waals surface area contributed by atoms with Crippen LogP contribution in [0, 0.1) is 0 Å². The van der Waals surface area contributed by atoms with Gasteiger partial charge in [0.05, 0.1) is 5.01 Å². The molecule has 3 rings (SSSR count). The molecule has 0 aliphatic heterocycles. The maximum absolute atomic E-state index is 4.44. The highest BCUT2D eigenvalue weighted by molar-refractivity contribution is 7.09. The lowest BCUT2D eigenvalue weighted by Crippen LogP contribution is -2.36. The molecule has 19 heavy (non-hydrogen) atoms. The van der Waals surface area contributed by atoms with E-state index in [1.165, 1.54) is 23.4 Å². The van der Waals surface area contributed by atoms with Crippen LogP contribution in [0.3, 0.4) is 0 Å². The Labute approximate surface area is 118 Å². The molecule has 0 amide bonds. The van der Waals surface area contributed by atoms with Gasteiger partial charge in [-0.2, -0.15) is 0 Å². The second kappa shape index (κ2) is 5.85. The summed E-state index contributed by atoms with van der Waals surface area (Å²) in [4.78, 5) is 4.44. The fourth-order valence-electron chi connectivity index (χ4n) is 3.17. The van der Waals surface area contributed by atoms with Gasteiger partial charge in [0.25, 0.3) is 0 Å². The average Bonchev–Trinajstić information content (AvgIpc) is 3.07. The van der Waals surface area contributed by atoms with Gasteiger partial charge in [0.15, 0.2) is 0 Å². The van der Waals surface area contributed by atoms with E-state index in [1.54, 1.807) is 16.9 Å². The van der Waals surface area contributed by atoms with Crippen LogP contribution in [0.15, 0.2) is 35.8 Å². The van der Waals surface area contributed by atoms with Crippen LogP contribution in [0.5, 0.6) is 0 Å². The van der Waals surface area contributed by atoms with Gasteiger partial charge in [-0.25, -0.2) is 4.98 Å². The first-order valence-corrected chi connectivity index (χ1v) is 7.96. The molecule has 1 heterocycles. The highest BCUT2D eigenvalue weighted by Gasteiger charge is 2.29. The molecular formula is C16H20N2S. The lowest BCUT2D eigenvalue weighted by atomic mass is 9.91. The van der Waals surface area contributed by atoms with Gasteiger partial charge in [-0.05, 0) is 30.5 Å². The smallest absolute Gasteiger partial charge is 0.0940 e. The van der Waals surface area contributed by atoms with Crippen LogP contribution in [-0.2, 0) is 12.8 Å². The molecule has 1 N–H and O–H groups in total. The Morgan fingerprint density at radius 3 is 3.11 bits per heavy atom. The minimum absolute atomic E-state index is 0.514. The molecule has 0 saturated heterocycles. The van der Waals surface area contributed by atoms with E-state index in [9.17, 15) is 0 Å². The number of nitrogens with zero attached hydrogens (tertiary/aromatic N) is 1. The third-order valence-electron chi connectivity index (χ3n) is 4.01. The van der Waals surface area contributed by atoms with E-state index >= 15 is 0 Å². The summed E-state index contributed by atoms with van der Waals surface area (Å²) in [5.41, 5.74) is 3.08. The van der Waals surface area contributed by atoms with E-state index in [1.807, 2.05) is 6.20 Å². The van der Waals surface area contributed by atoms with Gasteiger partial charge in [0.1, 0.15) is 0 Å². The minimum atomic E-state index is 0.514. The Kier molecular flexibility index (Phi) is 3.95. The molecule has 0 spiro atoms. The van der Waals surface area contributed by atoms with Crippen molar-refractivity contribution in [2.24, 2.45) is 0 Å². The Morgan fingerprint density at radius 1 is 1.42 bits per heavy atom. The van der Waals surface area contributed by atoms with E-state index < -0.39 is 0 Å². The van der Waals surface area contributed by atoms with Gasteiger partial charge in [-0.3, -0.25) is 0 Å². The number of benzene rings is 1. The summed E-state index contributed by atoms with van der Waals surface area (Å²) >= 11 is 1.77. The third-order valence-corrected chi connectivity index (χ3v) is 4.81. The summed E-state index contributed by atoms with van der Waals surface area (Å²) in [6.07, 6.45) is 5.44. The Balaban J connectivity index is 1.81. The number of hydrogen-bond acceptors (Lipinski definition) is 3. The van der Waals surface area contributed by atoms with Crippen molar-refractivity contribution in [1.82, 2.24) is 10.3 Å². The Morgan fingerprint density at radius 2 is 2.32 bits per heavy atom. The zero-order valence-electron chi connectivity index (χ0n) is 11.3. The summed E-state index contributed by atoms with van der Waals surface area (Å²) in [6, 6.07) is 9.43. The van der Waals surface area contributed by atoms with E-state index in [0.29, 0.717) is 12.0 Å². The first kappa shape index (κ1) is 12.8. The number of likely N-dealkylation sites (N-methyl/N-ethyl adjacent to an activating group) is 1. The highest BCUT2D eigenvalue weighted by Crippen LogP contribution is 2.36. The molecule has 1 aromatic heterocycles. The van der Waals surface area contributed by atoms with E-state index in [4.69, 9.17) is 0 Å². The van der Waals surface area contributed by atoms with Crippen LogP contribution in [0.4, 0.5) is 0 Å². The van der Waals surface area contributed by atoms with Crippen molar-refractivity contribution in [3.63, 3.8) is 0 Å². The van der Waals surface area contributed by atoms with Crippen molar-refractivity contribution in [1.29, 1.82) is 0 Å². The third kappa shape index (κ3) is 2.72. The summed E-state index contributed by atoms with van der Waals surface area (Å²) in [5.74, 6) is 0.639. The lowest BCUT2D eigenvalue weighted by Gasteiger charge is -2.24. The van der Waals surface area contributed by atoms with E-state index in [-0.39, 0.29) is 0 Å². The van der Waals surface area contributed by atoms with Gasteiger partial charge in [0, 0.05) is 30.0 Å². The van der Waals surface area contributed by atoms with E-state index in [0.717, 1.165) is 13.0 Å². The predicted molar refractivity (Wildman–Crippen MR) is 80.8 cm³/mol. The molecule has 1 aliphatic rings. The molecule has 0 saturated carbocycles. The first-order chi connectivity index (χ1) is 9.38. The maximum Gasteiger partial charge on any atom is 0.0940 e. The van der Waals surface area contributed by atoms with Crippen LogP contribution >= 0.6 is 11.3 Å². The number of rotatable bonds is 5. The number of hydrogen-bond donors (Lipinski definition) is 1. The topological polar surface area (TPSA) is 24.9 Å². The normalized spacial score (nSPS) is 19.3. The number of nitrogens with one attached hydrogen (secondary N) is 1. The molecule has 100 valence electrons. The van der Waals surface area contributed by atoms with Crippen LogP contribution in [-0.4, -0.2) is 17.6 Å². The summed E-state index contributed by atoms with van der Waals surface area (Å²) in [5, 5.41) is 6.99. The number of fused-ring (bicyclic) bond motifs is 1. The number of aromatic nitrogens is 1. The molecule has 0 radical (unpaired) electrons. The predicted octanol–water partition coefficient (Wildman–Crippen LogP) is 3.39.